The largest absolute Gasteiger partial charge is 0.346 e. The topological polar surface area (TPSA) is 78.0 Å². The first-order valence-electron chi connectivity index (χ1n) is 6.43. The van der Waals surface area contributed by atoms with Crippen molar-refractivity contribution in [2.24, 2.45) is 0 Å². The molecule has 1 aromatic carbocycles. The predicted octanol–water partition coefficient (Wildman–Crippen LogP) is 2.61. The first kappa shape index (κ1) is 13.1. The van der Waals surface area contributed by atoms with Crippen LogP contribution >= 0.6 is 0 Å². The zero-order chi connectivity index (χ0) is 14.7. The van der Waals surface area contributed by atoms with Gasteiger partial charge in [0, 0.05) is 28.9 Å². The highest BCUT2D eigenvalue weighted by molar-refractivity contribution is 6.24. The Morgan fingerprint density at radius 2 is 2.00 bits per heavy atom. The Kier molecular flexibility index (Phi) is 3.49. The number of nitrogens with one attached hydrogen (secondary N) is 2. The Hall–Kier alpha value is -2.92. The molecule has 3 N–H and O–H groups in total. The van der Waals surface area contributed by atoms with Crippen molar-refractivity contribution in [3.63, 3.8) is 0 Å². The van der Waals surface area contributed by atoms with Gasteiger partial charge >= 0.3 is 0 Å². The summed E-state index contributed by atoms with van der Waals surface area (Å²) in [4.78, 5) is 19.2. The summed E-state index contributed by atoms with van der Waals surface area (Å²) < 4.78 is 0. The molecule has 5 nitrogen and oxygen atoms in total. The number of aromatic amines is 1. The molecule has 104 valence electrons. The lowest BCUT2D eigenvalue weighted by Gasteiger charge is -2.05. The van der Waals surface area contributed by atoms with E-state index in [4.69, 9.17) is 5.21 Å². The summed E-state index contributed by atoms with van der Waals surface area (Å²) in [6.45, 7) is 0. The van der Waals surface area contributed by atoms with Crippen LogP contribution in [0.2, 0.25) is 0 Å². The molecule has 0 spiro atoms. The summed E-state index contributed by atoms with van der Waals surface area (Å²) >= 11 is 0. The summed E-state index contributed by atoms with van der Waals surface area (Å²) in [7, 11) is 0. The van der Waals surface area contributed by atoms with Crippen LogP contribution in [-0.4, -0.2) is 21.1 Å². The van der Waals surface area contributed by atoms with Gasteiger partial charge < -0.3 is 4.98 Å². The van der Waals surface area contributed by atoms with E-state index in [-0.39, 0.29) is 0 Å². The van der Waals surface area contributed by atoms with Crippen molar-refractivity contribution in [1.82, 2.24) is 15.4 Å². The quantitative estimate of drug-likeness (QED) is 0.392. The Labute approximate surface area is 120 Å². The van der Waals surface area contributed by atoms with E-state index in [1.165, 1.54) is 0 Å². The van der Waals surface area contributed by atoms with E-state index in [0.717, 1.165) is 22.2 Å². The SMILES string of the molecule is O=C(NO)/C(=C\c1c[nH]c2ncccc12)c1ccccc1. The van der Waals surface area contributed by atoms with Gasteiger partial charge in [0.05, 0.1) is 0 Å². The molecule has 0 saturated heterocycles. The number of hydroxylamine groups is 1. The molecule has 0 aliphatic carbocycles. The molecule has 0 fully saturated rings. The zero-order valence-electron chi connectivity index (χ0n) is 11.1. The molecule has 3 aromatic rings. The van der Waals surface area contributed by atoms with Crippen molar-refractivity contribution in [3.8, 4) is 0 Å². The molecule has 0 radical (unpaired) electrons. The number of benzene rings is 1. The number of aromatic nitrogens is 2. The first-order chi connectivity index (χ1) is 10.3. The van der Waals surface area contributed by atoms with Crippen molar-refractivity contribution in [3.05, 3.63) is 66.0 Å². The molecule has 0 saturated carbocycles. The highest BCUT2D eigenvalue weighted by Gasteiger charge is 2.12. The molecular formula is C16H13N3O2. The second-order valence-corrected chi connectivity index (χ2v) is 4.51. The first-order valence-corrected chi connectivity index (χ1v) is 6.43. The van der Waals surface area contributed by atoms with Crippen LogP contribution < -0.4 is 5.48 Å². The minimum atomic E-state index is -0.556. The highest BCUT2D eigenvalue weighted by Crippen LogP contribution is 2.23. The Bertz CT molecular complexity index is 807. The van der Waals surface area contributed by atoms with Gasteiger partial charge in [0.25, 0.3) is 5.91 Å². The van der Waals surface area contributed by atoms with E-state index < -0.39 is 5.91 Å². The lowest BCUT2D eigenvalue weighted by atomic mass is 10.0. The van der Waals surface area contributed by atoms with Crippen LogP contribution in [0.3, 0.4) is 0 Å². The van der Waals surface area contributed by atoms with Crippen molar-refractivity contribution in [1.29, 1.82) is 0 Å². The van der Waals surface area contributed by atoms with Crippen molar-refractivity contribution in [2.45, 2.75) is 0 Å². The summed E-state index contributed by atoms with van der Waals surface area (Å²) in [6, 6.07) is 12.9. The number of H-pyrrole nitrogens is 1. The second kappa shape index (κ2) is 5.60. The van der Waals surface area contributed by atoms with E-state index in [2.05, 4.69) is 9.97 Å². The third kappa shape index (κ3) is 2.54. The van der Waals surface area contributed by atoms with Crippen LogP contribution in [0.15, 0.2) is 54.9 Å². The van der Waals surface area contributed by atoms with Crippen LogP contribution in [0.4, 0.5) is 0 Å². The van der Waals surface area contributed by atoms with Gasteiger partial charge in [-0.1, -0.05) is 30.3 Å². The maximum absolute atomic E-state index is 11.9. The summed E-state index contributed by atoms with van der Waals surface area (Å²) in [5, 5.41) is 9.86. The number of hydrogen-bond donors (Lipinski definition) is 3. The number of nitrogens with zero attached hydrogens (tertiary/aromatic N) is 1. The molecule has 5 heteroatoms. The standard InChI is InChI=1S/C16H13N3O2/c20-16(19-21)14(11-5-2-1-3-6-11)9-12-10-18-15-13(12)7-4-8-17-15/h1-10,21H,(H,17,18)(H,19,20)/b14-9-. The molecule has 1 amide bonds. The monoisotopic (exact) mass is 279 g/mol. The lowest BCUT2D eigenvalue weighted by Crippen LogP contribution is -2.19. The van der Waals surface area contributed by atoms with Gasteiger partial charge in [-0.05, 0) is 23.8 Å². The Morgan fingerprint density at radius 3 is 2.76 bits per heavy atom. The number of amides is 1. The van der Waals surface area contributed by atoms with Gasteiger partial charge in [0.1, 0.15) is 5.65 Å². The minimum Gasteiger partial charge on any atom is -0.346 e. The average molecular weight is 279 g/mol. The summed E-state index contributed by atoms with van der Waals surface area (Å²) in [5.74, 6) is -0.556. The van der Waals surface area contributed by atoms with E-state index in [1.807, 2.05) is 42.5 Å². The number of rotatable bonds is 3. The van der Waals surface area contributed by atoms with Crippen LogP contribution in [0.5, 0.6) is 0 Å². The molecule has 0 aliphatic heterocycles. The van der Waals surface area contributed by atoms with Crippen molar-refractivity contribution < 1.29 is 10.0 Å². The number of carbonyl (C=O) groups excluding carboxylic acids is 1. The van der Waals surface area contributed by atoms with Crippen LogP contribution in [0, 0.1) is 0 Å². The molecule has 2 aromatic heterocycles. The van der Waals surface area contributed by atoms with E-state index in [1.54, 1.807) is 23.9 Å². The maximum atomic E-state index is 11.9. The van der Waals surface area contributed by atoms with E-state index in [0.29, 0.717) is 5.57 Å². The maximum Gasteiger partial charge on any atom is 0.275 e. The van der Waals surface area contributed by atoms with Crippen LogP contribution in [0.25, 0.3) is 22.7 Å². The van der Waals surface area contributed by atoms with E-state index >= 15 is 0 Å². The molecule has 0 atom stereocenters. The number of fused-ring (bicyclic) bond motifs is 1. The van der Waals surface area contributed by atoms with Gasteiger partial charge in [-0.15, -0.1) is 0 Å². The highest BCUT2D eigenvalue weighted by atomic mass is 16.5. The molecule has 0 aliphatic rings. The third-order valence-electron chi connectivity index (χ3n) is 3.21. The predicted molar refractivity (Wildman–Crippen MR) is 80.3 cm³/mol. The number of pyridine rings is 1. The number of carbonyl (C=O) groups is 1. The van der Waals surface area contributed by atoms with Gasteiger partial charge in [0.15, 0.2) is 0 Å². The average Bonchev–Trinajstić information content (AvgIpc) is 2.96. The normalized spacial score (nSPS) is 11.6. The fraction of sp³-hybridized carbons (Fsp3) is 0. The summed E-state index contributed by atoms with van der Waals surface area (Å²) in [6.07, 6.45) is 5.21. The molecule has 0 bridgehead atoms. The van der Waals surface area contributed by atoms with E-state index in [9.17, 15) is 4.79 Å². The fourth-order valence-corrected chi connectivity index (χ4v) is 2.21. The fourth-order valence-electron chi connectivity index (χ4n) is 2.21. The Balaban J connectivity index is 2.14. The van der Waals surface area contributed by atoms with Gasteiger partial charge in [-0.3, -0.25) is 10.0 Å². The lowest BCUT2D eigenvalue weighted by molar-refractivity contribution is -0.123. The molecule has 2 heterocycles. The van der Waals surface area contributed by atoms with Crippen molar-refractivity contribution >= 4 is 28.6 Å². The smallest absolute Gasteiger partial charge is 0.275 e. The molecular weight excluding hydrogens is 266 g/mol. The minimum absolute atomic E-state index is 0.378. The van der Waals surface area contributed by atoms with Gasteiger partial charge in [-0.25, -0.2) is 10.5 Å². The molecule has 21 heavy (non-hydrogen) atoms. The second-order valence-electron chi connectivity index (χ2n) is 4.51. The third-order valence-corrected chi connectivity index (χ3v) is 3.21. The summed E-state index contributed by atoms with van der Waals surface area (Å²) in [5.41, 5.74) is 4.38. The Morgan fingerprint density at radius 1 is 1.19 bits per heavy atom. The zero-order valence-corrected chi connectivity index (χ0v) is 11.1. The van der Waals surface area contributed by atoms with Crippen LogP contribution in [-0.2, 0) is 4.79 Å². The van der Waals surface area contributed by atoms with Crippen molar-refractivity contribution in [2.75, 3.05) is 0 Å². The van der Waals surface area contributed by atoms with Gasteiger partial charge in [0.2, 0.25) is 0 Å². The van der Waals surface area contributed by atoms with Gasteiger partial charge in [-0.2, -0.15) is 0 Å². The molecule has 3 rings (SSSR count). The van der Waals surface area contributed by atoms with Crippen LogP contribution in [0.1, 0.15) is 11.1 Å². The number of hydrogen-bond acceptors (Lipinski definition) is 3. The molecule has 0 unspecified atom stereocenters.